The average Bonchev–Trinajstić information content (AvgIpc) is 3.14. The number of sulfonamides is 1. The highest BCUT2D eigenvalue weighted by molar-refractivity contribution is 7.98. The predicted octanol–water partition coefficient (Wildman–Crippen LogP) is 3.18. The van der Waals surface area contributed by atoms with Crippen LogP contribution in [0.3, 0.4) is 0 Å². The van der Waals surface area contributed by atoms with Gasteiger partial charge in [-0.25, -0.2) is 0 Å². The SMILES string of the molecule is CSc1ccc(NC(=O)c2cn[nH]c2S(=O)(=O)Nc2ccccc2)cc1. The summed E-state index contributed by atoms with van der Waals surface area (Å²) in [5.74, 6) is -0.566. The van der Waals surface area contributed by atoms with Crippen LogP contribution in [-0.4, -0.2) is 30.8 Å². The minimum atomic E-state index is -3.98. The van der Waals surface area contributed by atoms with Crippen molar-refractivity contribution in [3.63, 3.8) is 0 Å². The minimum Gasteiger partial charge on any atom is -0.322 e. The lowest BCUT2D eigenvalue weighted by molar-refractivity contribution is 0.102. The van der Waals surface area contributed by atoms with Gasteiger partial charge in [0.15, 0.2) is 5.03 Å². The first-order valence-electron chi connectivity index (χ1n) is 7.56. The van der Waals surface area contributed by atoms with Crippen LogP contribution in [0.5, 0.6) is 0 Å². The molecule has 1 aromatic heterocycles. The van der Waals surface area contributed by atoms with Crippen LogP contribution < -0.4 is 10.0 Å². The molecule has 0 aliphatic heterocycles. The van der Waals surface area contributed by atoms with Crippen LogP contribution in [0.2, 0.25) is 0 Å². The van der Waals surface area contributed by atoms with Crippen LogP contribution in [0.15, 0.2) is 70.7 Å². The number of thioether (sulfide) groups is 1. The number of benzene rings is 2. The van der Waals surface area contributed by atoms with Crippen LogP contribution >= 0.6 is 11.8 Å². The number of rotatable bonds is 6. The second-order valence-corrected chi connectivity index (χ2v) is 7.77. The van der Waals surface area contributed by atoms with Gasteiger partial charge >= 0.3 is 0 Å². The molecule has 7 nitrogen and oxygen atoms in total. The molecule has 134 valence electrons. The van der Waals surface area contributed by atoms with Gasteiger partial charge in [-0.05, 0) is 42.7 Å². The van der Waals surface area contributed by atoms with E-state index in [0.29, 0.717) is 11.4 Å². The van der Waals surface area contributed by atoms with Crippen molar-refractivity contribution in [2.45, 2.75) is 9.92 Å². The Morgan fingerprint density at radius 3 is 2.38 bits per heavy atom. The lowest BCUT2D eigenvalue weighted by Gasteiger charge is -2.09. The fourth-order valence-corrected chi connectivity index (χ4v) is 3.79. The lowest BCUT2D eigenvalue weighted by atomic mass is 10.3. The number of carbonyl (C=O) groups is 1. The van der Waals surface area contributed by atoms with E-state index in [9.17, 15) is 13.2 Å². The average molecular weight is 388 g/mol. The van der Waals surface area contributed by atoms with Crippen molar-refractivity contribution < 1.29 is 13.2 Å². The number of nitrogens with zero attached hydrogens (tertiary/aromatic N) is 1. The Balaban J connectivity index is 1.81. The van der Waals surface area contributed by atoms with E-state index in [1.807, 2.05) is 18.4 Å². The summed E-state index contributed by atoms with van der Waals surface area (Å²) in [5, 5.41) is 8.48. The topological polar surface area (TPSA) is 104 Å². The number of para-hydroxylation sites is 1. The van der Waals surface area contributed by atoms with Gasteiger partial charge in [0.05, 0.1) is 11.8 Å². The zero-order chi connectivity index (χ0) is 18.6. The molecule has 0 saturated carbocycles. The van der Waals surface area contributed by atoms with Gasteiger partial charge in [0, 0.05) is 16.3 Å². The molecule has 0 atom stereocenters. The highest BCUT2D eigenvalue weighted by Crippen LogP contribution is 2.20. The molecule has 0 unspecified atom stereocenters. The van der Waals surface area contributed by atoms with Crippen molar-refractivity contribution in [3.05, 3.63) is 66.4 Å². The van der Waals surface area contributed by atoms with Gasteiger partial charge in [-0.2, -0.15) is 13.5 Å². The van der Waals surface area contributed by atoms with Gasteiger partial charge in [0.25, 0.3) is 15.9 Å². The van der Waals surface area contributed by atoms with Crippen LogP contribution in [0.4, 0.5) is 11.4 Å². The summed E-state index contributed by atoms with van der Waals surface area (Å²) in [4.78, 5) is 13.5. The van der Waals surface area contributed by atoms with Crippen molar-refractivity contribution in [3.8, 4) is 0 Å². The van der Waals surface area contributed by atoms with Crippen molar-refractivity contribution in [1.29, 1.82) is 0 Å². The van der Waals surface area contributed by atoms with E-state index in [2.05, 4.69) is 20.2 Å². The summed E-state index contributed by atoms with van der Waals surface area (Å²) in [6.07, 6.45) is 3.14. The summed E-state index contributed by atoms with van der Waals surface area (Å²) in [6, 6.07) is 15.6. The normalized spacial score (nSPS) is 11.1. The molecular formula is C17H16N4O3S2. The highest BCUT2D eigenvalue weighted by Gasteiger charge is 2.25. The highest BCUT2D eigenvalue weighted by atomic mass is 32.2. The summed E-state index contributed by atoms with van der Waals surface area (Å²) in [5.41, 5.74) is 0.886. The molecule has 9 heteroatoms. The third-order valence-electron chi connectivity index (χ3n) is 3.49. The summed E-state index contributed by atoms with van der Waals surface area (Å²) >= 11 is 1.59. The van der Waals surface area contributed by atoms with E-state index in [0.717, 1.165) is 4.90 Å². The summed E-state index contributed by atoms with van der Waals surface area (Å²) in [6.45, 7) is 0. The zero-order valence-electron chi connectivity index (χ0n) is 13.8. The van der Waals surface area contributed by atoms with Crippen molar-refractivity contribution >= 4 is 39.1 Å². The molecule has 0 spiro atoms. The number of aromatic amines is 1. The standard InChI is InChI=1S/C17H16N4O3S2/c1-25-14-9-7-12(8-10-14)19-16(22)15-11-18-20-17(15)26(23,24)21-13-5-3-2-4-6-13/h2-11,21H,1H3,(H,18,20)(H,19,22). The maximum absolute atomic E-state index is 12.6. The van der Waals surface area contributed by atoms with Gasteiger partial charge in [-0.3, -0.25) is 14.6 Å². The molecule has 0 fully saturated rings. The molecular weight excluding hydrogens is 372 g/mol. The van der Waals surface area contributed by atoms with Crippen LogP contribution in [0.1, 0.15) is 10.4 Å². The van der Waals surface area contributed by atoms with Crippen molar-refractivity contribution in [1.82, 2.24) is 10.2 Å². The third-order valence-corrected chi connectivity index (χ3v) is 5.59. The Bertz CT molecular complexity index is 1000. The number of nitrogens with one attached hydrogen (secondary N) is 3. The molecule has 3 aromatic rings. The Morgan fingerprint density at radius 2 is 1.73 bits per heavy atom. The van der Waals surface area contributed by atoms with Gasteiger partial charge in [0.1, 0.15) is 0 Å². The fourth-order valence-electron chi connectivity index (χ4n) is 2.23. The molecule has 1 heterocycles. The number of amides is 1. The fraction of sp³-hybridized carbons (Fsp3) is 0.0588. The predicted molar refractivity (Wildman–Crippen MR) is 102 cm³/mol. The minimum absolute atomic E-state index is 0.0672. The number of aromatic nitrogens is 2. The molecule has 0 aliphatic carbocycles. The van der Waals surface area contributed by atoms with Crippen LogP contribution in [0.25, 0.3) is 0 Å². The molecule has 0 saturated heterocycles. The molecule has 26 heavy (non-hydrogen) atoms. The van der Waals surface area contributed by atoms with Gasteiger partial charge in [-0.1, -0.05) is 18.2 Å². The van der Waals surface area contributed by atoms with Gasteiger partial charge in [-0.15, -0.1) is 11.8 Å². The van der Waals surface area contributed by atoms with E-state index in [4.69, 9.17) is 0 Å². The summed E-state index contributed by atoms with van der Waals surface area (Å²) < 4.78 is 27.5. The molecule has 3 N–H and O–H groups in total. The number of H-pyrrole nitrogens is 1. The van der Waals surface area contributed by atoms with E-state index >= 15 is 0 Å². The maximum atomic E-state index is 12.6. The Labute approximate surface area is 155 Å². The number of hydrogen-bond acceptors (Lipinski definition) is 5. The lowest BCUT2D eigenvalue weighted by Crippen LogP contribution is -2.19. The zero-order valence-corrected chi connectivity index (χ0v) is 15.4. The van der Waals surface area contributed by atoms with E-state index in [-0.39, 0.29) is 10.6 Å². The second-order valence-electron chi connectivity index (χ2n) is 5.27. The first-order chi connectivity index (χ1) is 12.5. The number of carbonyl (C=O) groups excluding carboxylic acids is 1. The molecule has 0 bridgehead atoms. The Hall–Kier alpha value is -2.78. The molecule has 1 amide bonds. The largest absolute Gasteiger partial charge is 0.322 e. The number of hydrogen-bond donors (Lipinski definition) is 3. The number of anilines is 2. The first-order valence-corrected chi connectivity index (χ1v) is 10.3. The van der Waals surface area contributed by atoms with Crippen LogP contribution in [0, 0.1) is 0 Å². The molecule has 3 rings (SSSR count). The molecule has 0 aliphatic rings. The quantitative estimate of drug-likeness (QED) is 0.563. The smallest absolute Gasteiger partial charge is 0.279 e. The first kappa shape index (κ1) is 18.0. The Kier molecular flexibility index (Phi) is 5.29. The van der Waals surface area contributed by atoms with E-state index in [1.54, 1.807) is 54.2 Å². The van der Waals surface area contributed by atoms with E-state index in [1.165, 1.54) is 6.20 Å². The second kappa shape index (κ2) is 7.63. The van der Waals surface area contributed by atoms with Crippen LogP contribution in [-0.2, 0) is 10.0 Å². The van der Waals surface area contributed by atoms with Crippen molar-refractivity contribution in [2.24, 2.45) is 0 Å². The van der Waals surface area contributed by atoms with E-state index < -0.39 is 15.9 Å². The molecule has 2 aromatic carbocycles. The Morgan fingerprint density at radius 1 is 1.04 bits per heavy atom. The van der Waals surface area contributed by atoms with Gasteiger partial charge in [0.2, 0.25) is 0 Å². The maximum Gasteiger partial charge on any atom is 0.279 e. The monoisotopic (exact) mass is 388 g/mol. The third kappa shape index (κ3) is 4.06. The molecule has 0 radical (unpaired) electrons. The van der Waals surface area contributed by atoms with Crippen molar-refractivity contribution in [2.75, 3.05) is 16.3 Å². The van der Waals surface area contributed by atoms with Gasteiger partial charge < -0.3 is 5.32 Å². The summed E-state index contributed by atoms with van der Waals surface area (Å²) in [7, 11) is -3.98.